The van der Waals surface area contributed by atoms with E-state index in [2.05, 4.69) is 18.7 Å². The van der Waals surface area contributed by atoms with E-state index in [1.54, 1.807) is 11.8 Å². The third-order valence-corrected chi connectivity index (χ3v) is 3.25. The lowest BCUT2D eigenvalue weighted by Crippen LogP contribution is -2.29. The Labute approximate surface area is 108 Å². The van der Waals surface area contributed by atoms with Crippen LogP contribution in [0.15, 0.2) is 29.2 Å². The second-order valence-electron chi connectivity index (χ2n) is 4.74. The molecule has 0 fully saturated rings. The van der Waals surface area contributed by atoms with Gasteiger partial charge in [-0.3, -0.25) is 9.69 Å². The number of hydrogen-bond donors (Lipinski definition) is 0. The van der Waals surface area contributed by atoms with Crippen LogP contribution in [0.2, 0.25) is 0 Å². The molecular weight excluding hydrogens is 230 g/mol. The molecule has 0 unspecified atom stereocenters. The minimum atomic E-state index is 0.195. The molecule has 0 spiro atoms. The van der Waals surface area contributed by atoms with Crippen LogP contribution in [-0.4, -0.2) is 37.1 Å². The Balaban J connectivity index is 2.57. The van der Waals surface area contributed by atoms with Crippen molar-refractivity contribution in [3.63, 3.8) is 0 Å². The van der Waals surface area contributed by atoms with Gasteiger partial charge in [0.15, 0.2) is 5.78 Å². The number of carbonyl (C=O) groups is 1. The Morgan fingerprint density at radius 2 is 1.88 bits per heavy atom. The Hall–Kier alpha value is -0.800. The third-order valence-electron chi connectivity index (χ3n) is 2.50. The lowest BCUT2D eigenvalue weighted by molar-refractivity contribution is 0.0940. The van der Waals surface area contributed by atoms with Gasteiger partial charge < -0.3 is 0 Å². The van der Waals surface area contributed by atoms with E-state index in [9.17, 15) is 4.79 Å². The van der Waals surface area contributed by atoms with Crippen molar-refractivity contribution in [3.05, 3.63) is 29.8 Å². The number of nitrogens with zero attached hydrogens (tertiary/aromatic N) is 1. The summed E-state index contributed by atoms with van der Waals surface area (Å²) in [6.07, 6.45) is 2.03. The van der Waals surface area contributed by atoms with E-state index < -0.39 is 0 Å². The topological polar surface area (TPSA) is 20.3 Å². The fourth-order valence-electron chi connectivity index (χ4n) is 1.80. The van der Waals surface area contributed by atoms with Gasteiger partial charge in [0.05, 0.1) is 6.54 Å². The van der Waals surface area contributed by atoms with Crippen molar-refractivity contribution in [3.8, 4) is 0 Å². The molecule has 0 saturated carbocycles. The van der Waals surface area contributed by atoms with Crippen LogP contribution in [0.25, 0.3) is 0 Å². The van der Waals surface area contributed by atoms with Crippen LogP contribution in [0, 0.1) is 5.92 Å². The molecule has 17 heavy (non-hydrogen) atoms. The summed E-state index contributed by atoms with van der Waals surface area (Å²) in [5, 5.41) is 0. The molecular formula is C14H21NOS. The number of thioether (sulfide) groups is 1. The minimum absolute atomic E-state index is 0.195. The molecule has 0 aliphatic carbocycles. The second-order valence-corrected chi connectivity index (χ2v) is 5.62. The Morgan fingerprint density at radius 1 is 1.29 bits per heavy atom. The average Bonchev–Trinajstić information content (AvgIpc) is 2.28. The standard InChI is InChI=1S/C14H21NOS/c1-11(2)9-15(3)10-14(16)12-5-7-13(17-4)8-6-12/h5-8,11H,9-10H2,1-4H3. The first-order valence-corrected chi connectivity index (χ1v) is 7.11. The lowest BCUT2D eigenvalue weighted by Gasteiger charge is -2.17. The molecule has 0 radical (unpaired) electrons. The van der Waals surface area contributed by atoms with Crippen LogP contribution in [0.4, 0.5) is 0 Å². The van der Waals surface area contributed by atoms with Crippen molar-refractivity contribution >= 4 is 17.5 Å². The Morgan fingerprint density at radius 3 is 2.35 bits per heavy atom. The van der Waals surface area contributed by atoms with Gasteiger partial charge in [0, 0.05) is 17.0 Å². The van der Waals surface area contributed by atoms with Crippen LogP contribution in [0.3, 0.4) is 0 Å². The molecule has 0 saturated heterocycles. The zero-order valence-corrected chi connectivity index (χ0v) is 11.9. The lowest BCUT2D eigenvalue weighted by atomic mass is 10.1. The summed E-state index contributed by atoms with van der Waals surface area (Å²) in [6, 6.07) is 7.83. The molecule has 1 aromatic carbocycles. The van der Waals surface area contributed by atoms with Crippen LogP contribution in [-0.2, 0) is 0 Å². The van der Waals surface area contributed by atoms with E-state index in [0.717, 1.165) is 12.1 Å². The summed E-state index contributed by atoms with van der Waals surface area (Å²) >= 11 is 1.69. The van der Waals surface area contributed by atoms with E-state index >= 15 is 0 Å². The molecule has 0 N–H and O–H groups in total. The number of likely N-dealkylation sites (N-methyl/N-ethyl adjacent to an activating group) is 1. The fourth-order valence-corrected chi connectivity index (χ4v) is 2.21. The summed E-state index contributed by atoms with van der Waals surface area (Å²) in [5.74, 6) is 0.785. The summed E-state index contributed by atoms with van der Waals surface area (Å²) in [7, 11) is 1.99. The number of carbonyl (C=O) groups excluding carboxylic acids is 1. The third kappa shape index (κ3) is 4.92. The van der Waals surface area contributed by atoms with Crippen molar-refractivity contribution in [1.29, 1.82) is 0 Å². The normalized spacial score (nSPS) is 11.2. The van der Waals surface area contributed by atoms with Gasteiger partial charge in [-0.25, -0.2) is 0 Å². The molecule has 0 bridgehead atoms. The van der Waals surface area contributed by atoms with Crippen LogP contribution >= 0.6 is 11.8 Å². The maximum absolute atomic E-state index is 12.0. The number of hydrogen-bond acceptors (Lipinski definition) is 3. The number of Topliss-reactive ketones (excluding diaryl/α,β-unsaturated/α-hetero) is 1. The SMILES string of the molecule is CSc1ccc(C(=O)CN(C)CC(C)C)cc1. The Bertz CT molecular complexity index is 359. The van der Waals surface area contributed by atoms with E-state index in [-0.39, 0.29) is 5.78 Å². The molecule has 1 rings (SSSR count). The predicted molar refractivity (Wildman–Crippen MR) is 74.9 cm³/mol. The molecule has 0 aliphatic rings. The highest BCUT2D eigenvalue weighted by Crippen LogP contribution is 2.15. The van der Waals surface area contributed by atoms with Gasteiger partial charge in [0.1, 0.15) is 0 Å². The largest absolute Gasteiger partial charge is 0.299 e. The van der Waals surface area contributed by atoms with Crippen LogP contribution in [0.1, 0.15) is 24.2 Å². The smallest absolute Gasteiger partial charge is 0.176 e. The molecule has 0 atom stereocenters. The first kappa shape index (κ1) is 14.3. The van der Waals surface area contributed by atoms with Gasteiger partial charge >= 0.3 is 0 Å². The van der Waals surface area contributed by atoms with Crippen LogP contribution in [0.5, 0.6) is 0 Å². The quantitative estimate of drug-likeness (QED) is 0.572. The first-order valence-electron chi connectivity index (χ1n) is 5.88. The summed E-state index contributed by atoms with van der Waals surface area (Å²) in [5.41, 5.74) is 0.804. The summed E-state index contributed by atoms with van der Waals surface area (Å²) in [6.45, 7) is 5.77. The zero-order chi connectivity index (χ0) is 12.8. The van der Waals surface area contributed by atoms with E-state index in [1.807, 2.05) is 37.6 Å². The summed E-state index contributed by atoms with van der Waals surface area (Å²) in [4.78, 5) is 15.3. The fraction of sp³-hybridized carbons (Fsp3) is 0.500. The highest BCUT2D eigenvalue weighted by molar-refractivity contribution is 7.98. The highest BCUT2D eigenvalue weighted by Gasteiger charge is 2.10. The molecule has 0 amide bonds. The Kier molecular flexibility index (Phi) is 5.72. The second kappa shape index (κ2) is 6.82. The molecule has 0 aromatic heterocycles. The van der Waals surface area contributed by atoms with E-state index in [4.69, 9.17) is 0 Å². The monoisotopic (exact) mass is 251 g/mol. The number of benzene rings is 1. The van der Waals surface area contributed by atoms with E-state index in [0.29, 0.717) is 12.5 Å². The number of ketones is 1. The van der Waals surface area contributed by atoms with Crippen molar-refractivity contribution in [2.45, 2.75) is 18.7 Å². The van der Waals surface area contributed by atoms with Crippen LogP contribution < -0.4 is 0 Å². The van der Waals surface area contributed by atoms with Gasteiger partial charge in [0.2, 0.25) is 0 Å². The predicted octanol–water partition coefficient (Wildman–Crippen LogP) is 3.18. The van der Waals surface area contributed by atoms with Gasteiger partial charge in [0.25, 0.3) is 0 Å². The molecule has 3 heteroatoms. The maximum Gasteiger partial charge on any atom is 0.176 e. The van der Waals surface area contributed by atoms with Gasteiger partial charge in [-0.15, -0.1) is 11.8 Å². The molecule has 94 valence electrons. The molecule has 2 nitrogen and oxygen atoms in total. The average molecular weight is 251 g/mol. The minimum Gasteiger partial charge on any atom is -0.299 e. The number of rotatable bonds is 6. The summed E-state index contributed by atoms with van der Waals surface area (Å²) < 4.78 is 0. The van der Waals surface area contributed by atoms with Crippen molar-refractivity contribution in [2.24, 2.45) is 5.92 Å². The van der Waals surface area contributed by atoms with E-state index in [1.165, 1.54) is 4.90 Å². The van der Waals surface area contributed by atoms with Crippen molar-refractivity contribution in [2.75, 3.05) is 26.4 Å². The van der Waals surface area contributed by atoms with Gasteiger partial charge in [-0.05, 0) is 31.4 Å². The zero-order valence-electron chi connectivity index (χ0n) is 11.1. The van der Waals surface area contributed by atoms with Gasteiger partial charge in [-0.2, -0.15) is 0 Å². The molecule has 1 aromatic rings. The molecule has 0 heterocycles. The van der Waals surface area contributed by atoms with Gasteiger partial charge in [-0.1, -0.05) is 26.0 Å². The maximum atomic E-state index is 12.0. The van der Waals surface area contributed by atoms with Crippen molar-refractivity contribution < 1.29 is 4.79 Å². The first-order chi connectivity index (χ1) is 8.02. The molecule has 0 aliphatic heterocycles. The highest BCUT2D eigenvalue weighted by atomic mass is 32.2. The van der Waals surface area contributed by atoms with Crippen molar-refractivity contribution in [1.82, 2.24) is 4.90 Å².